The average Bonchev–Trinajstić information content (AvgIpc) is 3.42. The average molecular weight is 493 g/mol. The van der Waals surface area contributed by atoms with Crippen molar-refractivity contribution in [2.75, 3.05) is 21.0 Å². The predicted molar refractivity (Wildman–Crippen MR) is 146 cm³/mol. The van der Waals surface area contributed by atoms with Gasteiger partial charge in [0.1, 0.15) is 5.39 Å². The summed E-state index contributed by atoms with van der Waals surface area (Å²) in [5.74, 6) is 3.29. The molecule has 0 aliphatic carbocycles. The summed E-state index contributed by atoms with van der Waals surface area (Å²) in [6.07, 6.45) is 4.18. The molecule has 0 amide bonds. The van der Waals surface area contributed by atoms with E-state index in [1.165, 1.54) is 38.2 Å². The first-order chi connectivity index (χ1) is 18.2. The van der Waals surface area contributed by atoms with Crippen molar-refractivity contribution < 1.29 is 23.5 Å². The van der Waals surface area contributed by atoms with Crippen LogP contribution >= 0.6 is 0 Å². The highest BCUT2D eigenvalue weighted by atomic mass is 16.7. The second-order valence-electron chi connectivity index (χ2n) is 9.89. The maximum absolute atomic E-state index is 6.10. The lowest BCUT2D eigenvalue weighted by molar-refractivity contribution is -0.659. The molecular formula is C32H30NO4+. The topological polar surface area (TPSA) is 40.8 Å². The number of pyridine rings is 1. The number of benzene rings is 4. The molecule has 186 valence electrons. The fourth-order valence-corrected chi connectivity index (χ4v) is 6.35. The van der Waals surface area contributed by atoms with Gasteiger partial charge in [0.2, 0.25) is 18.0 Å². The molecule has 37 heavy (non-hydrogen) atoms. The van der Waals surface area contributed by atoms with E-state index in [4.69, 9.17) is 18.9 Å². The predicted octanol–water partition coefficient (Wildman–Crippen LogP) is 6.75. The number of aryl methyl sites for hydroxylation is 3. The Bertz CT molecular complexity index is 1710. The molecule has 0 radical (unpaired) electrons. The highest BCUT2D eigenvalue weighted by molar-refractivity contribution is 6.20. The lowest BCUT2D eigenvalue weighted by atomic mass is 9.87. The van der Waals surface area contributed by atoms with Crippen molar-refractivity contribution in [3.8, 4) is 34.3 Å². The number of hydrogen-bond acceptors (Lipinski definition) is 4. The van der Waals surface area contributed by atoms with E-state index in [0.29, 0.717) is 0 Å². The first kappa shape index (κ1) is 22.2. The summed E-state index contributed by atoms with van der Waals surface area (Å²) in [5, 5.41) is 6.03. The highest BCUT2D eigenvalue weighted by Crippen LogP contribution is 2.49. The summed E-state index contributed by atoms with van der Waals surface area (Å²) in [5.41, 5.74) is 6.23. The number of aromatic nitrogens is 1. The van der Waals surface area contributed by atoms with Crippen LogP contribution in [0.1, 0.15) is 30.9 Å². The van der Waals surface area contributed by atoms with Crippen LogP contribution in [0.5, 0.6) is 23.0 Å². The molecule has 2 aliphatic heterocycles. The molecule has 0 saturated carbocycles. The van der Waals surface area contributed by atoms with Gasteiger partial charge in [0.25, 0.3) is 0 Å². The van der Waals surface area contributed by atoms with Crippen LogP contribution in [0.15, 0.2) is 54.6 Å². The van der Waals surface area contributed by atoms with Crippen LogP contribution in [0.2, 0.25) is 0 Å². The number of fused-ring (bicyclic) bond motifs is 4. The first-order valence-electron chi connectivity index (χ1n) is 13.1. The molecular weight excluding hydrogens is 462 g/mol. The lowest BCUT2D eigenvalue weighted by Gasteiger charge is -2.22. The molecule has 0 fully saturated rings. The van der Waals surface area contributed by atoms with Gasteiger partial charge < -0.3 is 18.9 Å². The molecule has 7 rings (SSSR count). The van der Waals surface area contributed by atoms with E-state index >= 15 is 0 Å². The summed E-state index contributed by atoms with van der Waals surface area (Å²) in [6, 6.07) is 19.5. The van der Waals surface area contributed by atoms with E-state index in [9.17, 15) is 0 Å². The van der Waals surface area contributed by atoms with Crippen molar-refractivity contribution in [3.63, 3.8) is 0 Å². The summed E-state index contributed by atoms with van der Waals surface area (Å²) >= 11 is 0. The molecule has 0 atom stereocenters. The van der Waals surface area contributed by atoms with Gasteiger partial charge in [-0.1, -0.05) is 31.5 Å². The van der Waals surface area contributed by atoms with E-state index in [2.05, 4.69) is 60.0 Å². The van der Waals surface area contributed by atoms with Crippen molar-refractivity contribution in [1.29, 1.82) is 0 Å². The molecule has 0 bridgehead atoms. The minimum atomic E-state index is 0.281. The monoisotopic (exact) mass is 492 g/mol. The van der Waals surface area contributed by atoms with Gasteiger partial charge in [-0.15, -0.1) is 0 Å². The number of nitrogens with zero attached hydrogens (tertiary/aromatic N) is 1. The van der Waals surface area contributed by atoms with Gasteiger partial charge >= 0.3 is 0 Å². The number of methoxy groups -OCH3 is 2. The molecule has 0 saturated heterocycles. The number of rotatable bonds is 6. The zero-order valence-corrected chi connectivity index (χ0v) is 21.5. The van der Waals surface area contributed by atoms with Gasteiger partial charge in [0.15, 0.2) is 29.5 Å². The molecule has 4 aromatic carbocycles. The van der Waals surface area contributed by atoms with Crippen LogP contribution in [0.3, 0.4) is 0 Å². The van der Waals surface area contributed by atoms with Gasteiger partial charge in [-0.3, -0.25) is 0 Å². The largest absolute Gasteiger partial charge is 0.493 e. The summed E-state index contributed by atoms with van der Waals surface area (Å²) < 4.78 is 26.3. The molecule has 2 aliphatic rings. The van der Waals surface area contributed by atoms with Crippen molar-refractivity contribution in [3.05, 3.63) is 65.7 Å². The third-order valence-corrected chi connectivity index (χ3v) is 7.94. The highest BCUT2D eigenvalue weighted by Gasteiger charge is 2.35. The molecule has 0 spiro atoms. The maximum Gasteiger partial charge on any atom is 0.231 e. The Hall–Kier alpha value is -3.99. The van der Waals surface area contributed by atoms with Crippen LogP contribution < -0.4 is 23.5 Å². The third-order valence-electron chi connectivity index (χ3n) is 7.94. The van der Waals surface area contributed by atoms with Crippen molar-refractivity contribution in [1.82, 2.24) is 0 Å². The van der Waals surface area contributed by atoms with Crippen LogP contribution in [-0.4, -0.2) is 21.0 Å². The first-order valence-corrected chi connectivity index (χ1v) is 13.1. The summed E-state index contributed by atoms with van der Waals surface area (Å²) in [4.78, 5) is 0. The number of unbranched alkanes of at least 4 members (excludes halogenated alkanes) is 1. The second-order valence-corrected chi connectivity index (χ2v) is 9.89. The van der Waals surface area contributed by atoms with Gasteiger partial charge in [0, 0.05) is 22.8 Å². The summed E-state index contributed by atoms with van der Waals surface area (Å²) in [6.45, 7) is 3.39. The van der Waals surface area contributed by atoms with E-state index in [1.807, 2.05) is 6.07 Å². The molecule has 3 heterocycles. The Labute approximate surface area is 216 Å². The van der Waals surface area contributed by atoms with E-state index in [0.717, 1.165) is 71.9 Å². The standard InChI is InChI=1S/C32H30NO4/c1-4-5-9-20-16-23-22-12-13-24(34-2)31(35-3)28(22)29(19-10-7-6-8-11-19)33-15-14-21-17-25-32(37-18-36-25)27(20)26(21)30(23)33/h6-8,10-13,16-17H,4-5,9,14-15,18H2,1-3H3/q+1. The molecule has 0 unspecified atom stereocenters. The Morgan fingerprint density at radius 2 is 1.76 bits per heavy atom. The SMILES string of the molecule is CCCCc1cc2c3ccc(OC)c(OC)c3c(-c3ccccc3)[n+]3c2c2c(cc4c(c12)OCO4)CC3. The molecule has 5 aromatic rings. The lowest BCUT2D eigenvalue weighted by Crippen LogP contribution is -2.41. The minimum absolute atomic E-state index is 0.281. The third kappa shape index (κ3) is 3.13. The Balaban J connectivity index is 1.75. The van der Waals surface area contributed by atoms with Crippen molar-refractivity contribution >= 4 is 32.4 Å². The van der Waals surface area contributed by atoms with E-state index in [-0.39, 0.29) is 6.79 Å². The molecule has 5 heteroatoms. The van der Waals surface area contributed by atoms with Crippen LogP contribution in [0.25, 0.3) is 43.7 Å². The fraction of sp³-hybridized carbons (Fsp3) is 0.281. The fourth-order valence-electron chi connectivity index (χ4n) is 6.35. The minimum Gasteiger partial charge on any atom is -0.493 e. The normalized spacial score (nSPS) is 13.7. The Morgan fingerprint density at radius 1 is 0.892 bits per heavy atom. The van der Waals surface area contributed by atoms with Crippen LogP contribution in [0.4, 0.5) is 0 Å². The van der Waals surface area contributed by atoms with Crippen LogP contribution in [0, 0.1) is 0 Å². The van der Waals surface area contributed by atoms with Crippen molar-refractivity contribution in [2.45, 2.75) is 39.2 Å². The van der Waals surface area contributed by atoms with Crippen molar-refractivity contribution in [2.24, 2.45) is 0 Å². The summed E-state index contributed by atoms with van der Waals surface area (Å²) in [7, 11) is 3.44. The zero-order valence-electron chi connectivity index (χ0n) is 21.5. The molecule has 0 N–H and O–H groups in total. The van der Waals surface area contributed by atoms with Gasteiger partial charge in [0.05, 0.1) is 25.0 Å². The Kier molecular flexibility index (Phi) is 5.13. The van der Waals surface area contributed by atoms with Crippen LogP contribution in [-0.2, 0) is 19.4 Å². The van der Waals surface area contributed by atoms with Gasteiger partial charge in [-0.2, -0.15) is 4.57 Å². The molecule has 5 nitrogen and oxygen atoms in total. The zero-order chi connectivity index (χ0) is 25.1. The maximum atomic E-state index is 6.10. The number of hydrogen-bond donors (Lipinski definition) is 0. The van der Waals surface area contributed by atoms with Gasteiger partial charge in [-0.25, -0.2) is 0 Å². The number of ether oxygens (including phenoxy) is 4. The smallest absolute Gasteiger partial charge is 0.231 e. The van der Waals surface area contributed by atoms with E-state index < -0.39 is 0 Å². The molecule has 1 aromatic heterocycles. The van der Waals surface area contributed by atoms with E-state index in [1.54, 1.807) is 14.2 Å². The second kappa shape index (κ2) is 8.55. The Morgan fingerprint density at radius 3 is 2.54 bits per heavy atom. The quantitative estimate of drug-likeness (QED) is 0.194. The van der Waals surface area contributed by atoms with Gasteiger partial charge in [-0.05, 0) is 60.4 Å².